The molecule has 1 aromatic carbocycles. The smallest absolute Gasteiger partial charge is 0.269 e. The Morgan fingerprint density at radius 1 is 1.10 bits per heavy atom. The van der Waals surface area contributed by atoms with E-state index in [-0.39, 0.29) is 5.91 Å². The van der Waals surface area contributed by atoms with Gasteiger partial charge in [0.25, 0.3) is 5.91 Å². The number of amides is 1. The predicted molar refractivity (Wildman–Crippen MR) is 80.9 cm³/mol. The number of nitrogens with zero attached hydrogens (tertiary/aromatic N) is 1. The van der Waals surface area contributed by atoms with E-state index in [2.05, 4.69) is 27.8 Å². The molecule has 1 amide bonds. The monoisotopic (exact) mass is 269 g/mol. The topological polar surface area (TPSA) is 54.0 Å². The molecule has 2 N–H and O–H groups in total. The summed E-state index contributed by atoms with van der Waals surface area (Å²) < 4.78 is 0. The maximum absolute atomic E-state index is 11.9. The summed E-state index contributed by atoms with van der Waals surface area (Å²) in [6.07, 6.45) is 1.88. The standard InChI is InChI=1S/C16H19N3O/c1-17-15-11-5-10-14(19-15)16(20)18-12-6-9-13-7-3-2-4-8-13/h2-5,7-8,10-11H,6,9,12H2,1H3,(H,17,19)(H,18,20). The molecule has 0 aliphatic heterocycles. The van der Waals surface area contributed by atoms with Crippen molar-refractivity contribution < 1.29 is 4.79 Å². The number of rotatable bonds is 6. The van der Waals surface area contributed by atoms with Gasteiger partial charge in [-0.1, -0.05) is 36.4 Å². The van der Waals surface area contributed by atoms with Crippen LogP contribution in [0.3, 0.4) is 0 Å². The van der Waals surface area contributed by atoms with E-state index < -0.39 is 0 Å². The largest absolute Gasteiger partial charge is 0.373 e. The van der Waals surface area contributed by atoms with Gasteiger partial charge >= 0.3 is 0 Å². The number of hydrogen-bond donors (Lipinski definition) is 2. The third-order valence-corrected chi connectivity index (χ3v) is 3.01. The number of aromatic nitrogens is 1. The van der Waals surface area contributed by atoms with Crippen LogP contribution in [0.15, 0.2) is 48.5 Å². The van der Waals surface area contributed by atoms with Gasteiger partial charge in [-0.25, -0.2) is 4.98 Å². The summed E-state index contributed by atoms with van der Waals surface area (Å²) in [5.74, 6) is 0.567. The Bertz CT molecular complexity index is 555. The fourth-order valence-electron chi connectivity index (χ4n) is 1.93. The quantitative estimate of drug-likeness (QED) is 0.792. The van der Waals surface area contributed by atoms with Crippen LogP contribution in [-0.2, 0) is 6.42 Å². The summed E-state index contributed by atoms with van der Waals surface area (Å²) in [6.45, 7) is 0.652. The summed E-state index contributed by atoms with van der Waals surface area (Å²) in [6, 6.07) is 15.6. The number of nitrogens with one attached hydrogen (secondary N) is 2. The molecule has 1 aromatic heterocycles. The summed E-state index contributed by atoms with van der Waals surface area (Å²) in [5, 5.41) is 5.81. The molecule has 4 heteroatoms. The van der Waals surface area contributed by atoms with Crippen molar-refractivity contribution in [2.45, 2.75) is 12.8 Å². The highest BCUT2D eigenvalue weighted by atomic mass is 16.1. The highest BCUT2D eigenvalue weighted by Crippen LogP contribution is 2.04. The molecule has 104 valence electrons. The van der Waals surface area contributed by atoms with E-state index in [0.717, 1.165) is 12.8 Å². The maximum atomic E-state index is 11.9. The molecule has 0 aliphatic carbocycles. The lowest BCUT2D eigenvalue weighted by Crippen LogP contribution is -2.25. The number of anilines is 1. The Kier molecular flexibility index (Phi) is 5.12. The van der Waals surface area contributed by atoms with Crippen molar-refractivity contribution in [2.24, 2.45) is 0 Å². The molecule has 2 rings (SSSR count). The lowest BCUT2D eigenvalue weighted by Gasteiger charge is -2.06. The van der Waals surface area contributed by atoms with E-state index in [4.69, 9.17) is 0 Å². The van der Waals surface area contributed by atoms with E-state index in [0.29, 0.717) is 18.1 Å². The van der Waals surface area contributed by atoms with Gasteiger partial charge in [-0.3, -0.25) is 4.79 Å². The molecule has 4 nitrogen and oxygen atoms in total. The molecule has 20 heavy (non-hydrogen) atoms. The van der Waals surface area contributed by atoms with Crippen LogP contribution < -0.4 is 10.6 Å². The Balaban J connectivity index is 1.77. The minimum atomic E-state index is -0.129. The third-order valence-electron chi connectivity index (χ3n) is 3.01. The molecular formula is C16H19N3O. The molecule has 0 fully saturated rings. The zero-order valence-corrected chi connectivity index (χ0v) is 11.6. The van der Waals surface area contributed by atoms with Crippen molar-refractivity contribution in [1.82, 2.24) is 10.3 Å². The lowest BCUT2D eigenvalue weighted by atomic mass is 10.1. The second-order valence-electron chi connectivity index (χ2n) is 4.50. The second-order valence-corrected chi connectivity index (χ2v) is 4.50. The zero-order chi connectivity index (χ0) is 14.2. The first kappa shape index (κ1) is 14.1. The Labute approximate surface area is 119 Å². The van der Waals surface area contributed by atoms with Crippen LogP contribution in [0.25, 0.3) is 0 Å². The third kappa shape index (κ3) is 4.09. The molecule has 0 radical (unpaired) electrons. The van der Waals surface area contributed by atoms with Crippen molar-refractivity contribution in [2.75, 3.05) is 18.9 Å². The molecule has 0 aliphatic rings. The van der Waals surface area contributed by atoms with E-state index in [1.165, 1.54) is 5.56 Å². The van der Waals surface area contributed by atoms with Crippen LogP contribution in [-0.4, -0.2) is 24.5 Å². The fraction of sp³-hybridized carbons (Fsp3) is 0.250. The summed E-state index contributed by atoms with van der Waals surface area (Å²) >= 11 is 0. The summed E-state index contributed by atoms with van der Waals surface area (Å²) in [4.78, 5) is 16.1. The van der Waals surface area contributed by atoms with Gasteiger partial charge in [-0.2, -0.15) is 0 Å². The number of hydrogen-bond acceptors (Lipinski definition) is 3. The Morgan fingerprint density at radius 3 is 2.65 bits per heavy atom. The van der Waals surface area contributed by atoms with Crippen molar-refractivity contribution in [3.8, 4) is 0 Å². The molecule has 0 spiro atoms. The average molecular weight is 269 g/mol. The minimum absolute atomic E-state index is 0.129. The molecule has 1 heterocycles. The first-order valence-corrected chi connectivity index (χ1v) is 6.76. The van der Waals surface area contributed by atoms with E-state index >= 15 is 0 Å². The summed E-state index contributed by atoms with van der Waals surface area (Å²) in [5.41, 5.74) is 1.73. The lowest BCUT2D eigenvalue weighted by molar-refractivity contribution is 0.0948. The van der Waals surface area contributed by atoms with Gasteiger partial charge in [-0.05, 0) is 30.5 Å². The molecule has 0 unspecified atom stereocenters. The van der Waals surface area contributed by atoms with E-state index in [1.807, 2.05) is 30.3 Å². The van der Waals surface area contributed by atoms with Crippen LogP contribution in [0.2, 0.25) is 0 Å². The average Bonchev–Trinajstić information content (AvgIpc) is 2.52. The van der Waals surface area contributed by atoms with Gasteiger partial charge in [0.2, 0.25) is 0 Å². The fourth-order valence-corrected chi connectivity index (χ4v) is 1.93. The van der Waals surface area contributed by atoms with Crippen molar-refractivity contribution >= 4 is 11.7 Å². The Hall–Kier alpha value is -2.36. The van der Waals surface area contributed by atoms with Crippen molar-refractivity contribution in [3.05, 3.63) is 59.8 Å². The van der Waals surface area contributed by atoms with Gasteiger partial charge < -0.3 is 10.6 Å². The van der Waals surface area contributed by atoms with Crippen LogP contribution in [0.1, 0.15) is 22.5 Å². The highest BCUT2D eigenvalue weighted by Gasteiger charge is 2.06. The molecule has 0 bridgehead atoms. The van der Waals surface area contributed by atoms with Gasteiger partial charge in [0.05, 0.1) is 0 Å². The number of pyridine rings is 1. The highest BCUT2D eigenvalue weighted by molar-refractivity contribution is 5.92. The first-order valence-electron chi connectivity index (χ1n) is 6.76. The minimum Gasteiger partial charge on any atom is -0.373 e. The maximum Gasteiger partial charge on any atom is 0.269 e. The molecule has 2 aromatic rings. The van der Waals surface area contributed by atoms with E-state index in [9.17, 15) is 4.79 Å². The van der Waals surface area contributed by atoms with Crippen LogP contribution >= 0.6 is 0 Å². The van der Waals surface area contributed by atoms with Gasteiger partial charge in [0, 0.05) is 13.6 Å². The summed E-state index contributed by atoms with van der Waals surface area (Å²) in [7, 11) is 1.78. The predicted octanol–water partition coefficient (Wildman–Crippen LogP) is 2.49. The molecule has 0 saturated carbocycles. The van der Waals surface area contributed by atoms with Gasteiger partial charge in [0.1, 0.15) is 11.5 Å². The van der Waals surface area contributed by atoms with Crippen molar-refractivity contribution in [3.63, 3.8) is 0 Å². The normalized spacial score (nSPS) is 10.1. The SMILES string of the molecule is CNc1cccc(C(=O)NCCCc2ccccc2)n1. The Morgan fingerprint density at radius 2 is 1.90 bits per heavy atom. The zero-order valence-electron chi connectivity index (χ0n) is 11.6. The van der Waals surface area contributed by atoms with Crippen LogP contribution in [0, 0.1) is 0 Å². The molecular weight excluding hydrogens is 250 g/mol. The number of benzene rings is 1. The number of aryl methyl sites for hydroxylation is 1. The second kappa shape index (κ2) is 7.28. The number of carbonyl (C=O) groups excluding carboxylic acids is 1. The molecule has 0 saturated heterocycles. The molecule has 0 atom stereocenters. The van der Waals surface area contributed by atoms with Crippen LogP contribution in [0.4, 0.5) is 5.82 Å². The van der Waals surface area contributed by atoms with Crippen LogP contribution in [0.5, 0.6) is 0 Å². The van der Waals surface area contributed by atoms with Gasteiger partial charge in [-0.15, -0.1) is 0 Å². The van der Waals surface area contributed by atoms with Gasteiger partial charge in [0.15, 0.2) is 0 Å². The first-order chi connectivity index (χ1) is 9.79. The van der Waals surface area contributed by atoms with Crippen molar-refractivity contribution in [1.29, 1.82) is 0 Å². The van der Waals surface area contributed by atoms with E-state index in [1.54, 1.807) is 13.1 Å². The number of carbonyl (C=O) groups is 1.